The maximum Gasteiger partial charge on any atom is 0.285 e. The van der Waals surface area contributed by atoms with Gasteiger partial charge in [0.15, 0.2) is 0 Å². The summed E-state index contributed by atoms with van der Waals surface area (Å²) in [5.74, 6) is -0.822. The van der Waals surface area contributed by atoms with Crippen molar-refractivity contribution >= 4 is 0 Å². The summed E-state index contributed by atoms with van der Waals surface area (Å²) in [4.78, 5) is 0. The molecular weight excluding hydrogens is 292 g/mol. The van der Waals surface area contributed by atoms with E-state index in [0.29, 0.717) is 6.61 Å². The van der Waals surface area contributed by atoms with Crippen molar-refractivity contribution in [2.45, 2.75) is 78.1 Å². The average molecular weight is 331 g/mol. The van der Waals surface area contributed by atoms with E-state index in [1.165, 1.54) is 32.1 Å². The maximum absolute atomic E-state index is 5.58. The molecule has 0 aromatic heterocycles. The lowest BCUT2D eigenvalue weighted by atomic mass is 9.94. The number of hydrogen-bond donors (Lipinski definition) is 0. The van der Waals surface area contributed by atoms with Crippen LogP contribution in [0.1, 0.15) is 72.1 Å². The second-order valence-corrected chi connectivity index (χ2v) is 6.32. The zero-order valence-electron chi connectivity index (χ0n) is 16.2. The fourth-order valence-electron chi connectivity index (χ4n) is 2.85. The largest absolute Gasteiger partial charge is 0.501 e. The quantitative estimate of drug-likeness (QED) is 0.233. The van der Waals surface area contributed by atoms with Gasteiger partial charge in [0.25, 0.3) is 5.97 Å². The minimum absolute atomic E-state index is 0.152. The first-order valence-corrected chi connectivity index (χ1v) is 8.96. The Bertz CT molecular complexity index is 285. The molecule has 1 atom stereocenters. The summed E-state index contributed by atoms with van der Waals surface area (Å²) in [7, 11) is 4.91. The van der Waals surface area contributed by atoms with Gasteiger partial charge in [0.1, 0.15) is 0 Å². The number of hydrogen-bond acceptors (Lipinski definition) is 4. The summed E-state index contributed by atoms with van der Waals surface area (Å²) < 4.78 is 22.3. The average Bonchev–Trinajstić information content (AvgIpc) is 2.55. The zero-order chi connectivity index (χ0) is 17.6. The minimum Gasteiger partial charge on any atom is -0.501 e. The first-order chi connectivity index (χ1) is 11.1. The third-order valence-electron chi connectivity index (χ3n) is 4.16. The van der Waals surface area contributed by atoms with Crippen LogP contribution in [0.3, 0.4) is 0 Å². The van der Waals surface area contributed by atoms with Crippen molar-refractivity contribution in [3.05, 3.63) is 11.8 Å². The minimum atomic E-state index is -0.974. The molecule has 0 spiro atoms. The van der Waals surface area contributed by atoms with Gasteiger partial charge >= 0.3 is 0 Å². The Morgan fingerprint density at radius 2 is 1.43 bits per heavy atom. The molecule has 0 saturated heterocycles. The van der Waals surface area contributed by atoms with Crippen molar-refractivity contribution in [3.63, 3.8) is 0 Å². The van der Waals surface area contributed by atoms with Crippen LogP contribution in [0.25, 0.3) is 0 Å². The van der Waals surface area contributed by atoms with Gasteiger partial charge in [-0.3, -0.25) is 0 Å². The van der Waals surface area contributed by atoms with Gasteiger partial charge in [-0.2, -0.15) is 0 Å². The van der Waals surface area contributed by atoms with Crippen molar-refractivity contribution in [1.29, 1.82) is 0 Å². The molecule has 0 aliphatic rings. The van der Waals surface area contributed by atoms with Gasteiger partial charge < -0.3 is 18.9 Å². The van der Waals surface area contributed by atoms with E-state index in [2.05, 4.69) is 6.92 Å². The molecule has 0 aliphatic heterocycles. The van der Waals surface area contributed by atoms with Crippen molar-refractivity contribution in [2.75, 3.05) is 27.9 Å². The third kappa shape index (κ3) is 9.33. The van der Waals surface area contributed by atoms with Crippen molar-refractivity contribution in [3.8, 4) is 0 Å². The summed E-state index contributed by atoms with van der Waals surface area (Å²) in [6.07, 6.45) is 11.3. The molecule has 0 fully saturated rings. The van der Waals surface area contributed by atoms with Gasteiger partial charge in [0.05, 0.1) is 12.9 Å². The Morgan fingerprint density at radius 3 is 1.96 bits per heavy atom. The molecule has 0 aromatic carbocycles. The molecule has 0 amide bonds. The molecule has 0 radical (unpaired) electrons. The van der Waals surface area contributed by atoms with Crippen LogP contribution in [0.15, 0.2) is 11.8 Å². The number of unbranched alkanes of at least 4 members (excludes halogenated alkanes) is 5. The lowest BCUT2D eigenvalue weighted by Crippen LogP contribution is -2.44. The van der Waals surface area contributed by atoms with Gasteiger partial charge in [-0.25, -0.2) is 0 Å². The fraction of sp³-hybridized carbons (Fsp3) is 0.895. The molecule has 1 unspecified atom stereocenters. The summed E-state index contributed by atoms with van der Waals surface area (Å²) in [6, 6.07) is 0. The zero-order valence-corrected chi connectivity index (χ0v) is 16.2. The van der Waals surface area contributed by atoms with E-state index in [0.717, 1.165) is 24.8 Å². The molecule has 0 saturated carbocycles. The van der Waals surface area contributed by atoms with E-state index in [1.54, 1.807) is 27.6 Å². The predicted octanol–water partition coefficient (Wildman–Crippen LogP) is 5.28. The van der Waals surface area contributed by atoms with Crippen molar-refractivity contribution in [2.24, 2.45) is 5.92 Å². The second-order valence-electron chi connectivity index (χ2n) is 6.32. The Labute approximate surface area is 143 Å². The van der Waals surface area contributed by atoms with Crippen LogP contribution in [0, 0.1) is 5.92 Å². The Hall–Kier alpha value is -0.580. The maximum atomic E-state index is 5.58. The molecule has 4 nitrogen and oxygen atoms in total. The highest BCUT2D eigenvalue weighted by Crippen LogP contribution is 2.31. The summed E-state index contributed by atoms with van der Waals surface area (Å²) in [5, 5.41) is 0. The Kier molecular flexibility index (Phi) is 13.5. The molecule has 4 heteroatoms. The SMILES string of the molecule is CCCCCCCCC(CCOC=C(C)C)C(OC)(OC)OC. The van der Waals surface area contributed by atoms with Crippen LogP contribution in [-0.4, -0.2) is 33.9 Å². The van der Waals surface area contributed by atoms with Crippen LogP contribution in [0.4, 0.5) is 0 Å². The normalized spacial score (nSPS) is 13.0. The van der Waals surface area contributed by atoms with Crippen LogP contribution < -0.4 is 0 Å². The topological polar surface area (TPSA) is 36.9 Å². The number of allylic oxidation sites excluding steroid dienone is 1. The van der Waals surface area contributed by atoms with Crippen LogP contribution in [0.2, 0.25) is 0 Å². The van der Waals surface area contributed by atoms with E-state index < -0.39 is 5.97 Å². The molecule has 0 rings (SSSR count). The first-order valence-electron chi connectivity index (χ1n) is 8.96. The summed E-state index contributed by atoms with van der Waals surface area (Å²) in [6.45, 7) is 6.94. The lowest BCUT2D eigenvalue weighted by molar-refractivity contribution is -0.380. The number of ether oxygens (including phenoxy) is 4. The molecule has 0 aromatic rings. The van der Waals surface area contributed by atoms with E-state index in [9.17, 15) is 0 Å². The van der Waals surface area contributed by atoms with Crippen LogP contribution in [0.5, 0.6) is 0 Å². The van der Waals surface area contributed by atoms with Crippen molar-refractivity contribution < 1.29 is 18.9 Å². The standard InChI is InChI=1S/C19H38O4/c1-7-8-9-10-11-12-13-18(14-15-23-16-17(2)3)19(20-4,21-5)22-6/h16,18H,7-15H2,1-6H3. The predicted molar refractivity (Wildman–Crippen MR) is 95.2 cm³/mol. The van der Waals surface area contributed by atoms with E-state index in [-0.39, 0.29) is 5.92 Å². The van der Waals surface area contributed by atoms with Crippen molar-refractivity contribution in [1.82, 2.24) is 0 Å². The Morgan fingerprint density at radius 1 is 0.870 bits per heavy atom. The molecular formula is C19H38O4. The van der Waals surface area contributed by atoms with Gasteiger partial charge in [-0.05, 0) is 32.3 Å². The molecule has 0 heterocycles. The Balaban J connectivity index is 4.45. The molecule has 0 bridgehead atoms. The second kappa shape index (κ2) is 13.8. The van der Waals surface area contributed by atoms with Gasteiger partial charge in [-0.15, -0.1) is 0 Å². The number of methoxy groups -OCH3 is 3. The highest BCUT2D eigenvalue weighted by molar-refractivity contribution is 4.86. The lowest BCUT2D eigenvalue weighted by Gasteiger charge is -2.36. The van der Waals surface area contributed by atoms with E-state index in [1.807, 2.05) is 13.8 Å². The number of rotatable bonds is 15. The molecule has 0 N–H and O–H groups in total. The first kappa shape index (κ1) is 22.4. The smallest absolute Gasteiger partial charge is 0.285 e. The van der Waals surface area contributed by atoms with Crippen LogP contribution >= 0.6 is 0 Å². The third-order valence-corrected chi connectivity index (χ3v) is 4.16. The van der Waals surface area contributed by atoms with Gasteiger partial charge in [0.2, 0.25) is 0 Å². The highest BCUT2D eigenvalue weighted by atomic mass is 16.9. The summed E-state index contributed by atoms with van der Waals surface area (Å²) in [5.41, 5.74) is 1.16. The fourth-order valence-corrected chi connectivity index (χ4v) is 2.85. The monoisotopic (exact) mass is 330 g/mol. The van der Waals surface area contributed by atoms with E-state index >= 15 is 0 Å². The van der Waals surface area contributed by atoms with E-state index in [4.69, 9.17) is 18.9 Å². The highest BCUT2D eigenvalue weighted by Gasteiger charge is 2.39. The summed E-state index contributed by atoms with van der Waals surface area (Å²) >= 11 is 0. The molecule has 23 heavy (non-hydrogen) atoms. The molecule has 0 aliphatic carbocycles. The van der Waals surface area contributed by atoms with Crippen LogP contribution in [-0.2, 0) is 18.9 Å². The van der Waals surface area contributed by atoms with Gasteiger partial charge in [0, 0.05) is 27.2 Å². The van der Waals surface area contributed by atoms with Gasteiger partial charge in [-0.1, -0.05) is 45.4 Å². The molecule has 138 valence electrons.